The Hall–Kier alpha value is -2.47. The number of anilines is 1. The second-order valence-corrected chi connectivity index (χ2v) is 7.30. The Labute approximate surface area is 170 Å². The van der Waals surface area contributed by atoms with E-state index in [4.69, 9.17) is 0 Å². The zero-order valence-electron chi connectivity index (χ0n) is 16.0. The molecule has 3 rings (SSSR count). The van der Waals surface area contributed by atoms with Crippen LogP contribution in [0.5, 0.6) is 0 Å². The van der Waals surface area contributed by atoms with Crippen LogP contribution >= 0.6 is 11.3 Å². The predicted molar refractivity (Wildman–Crippen MR) is 106 cm³/mol. The molecule has 0 amide bonds. The molecule has 2 N–H and O–H groups in total. The van der Waals surface area contributed by atoms with Gasteiger partial charge in [0.25, 0.3) is 0 Å². The molecule has 0 unspecified atom stereocenters. The topological polar surface area (TPSA) is 81.6 Å². The minimum atomic E-state index is -4.41. The Morgan fingerprint density at radius 3 is 2.52 bits per heavy atom. The average Bonchev–Trinajstić information content (AvgIpc) is 3.21. The Balaban J connectivity index is 1.36. The van der Waals surface area contributed by atoms with E-state index in [1.54, 1.807) is 25.5 Å². The maximum absolute atomic E-state index is 12.6. The molecule has 2 aromatic rings. The van der Waals surface area contributed by atoms with Gasteiger partial charge in [0.15, 0.2) is 11.7 Å². The maximum atomic E-state index is 12.6. The summed E-state index contributed by atoms with van der Waals surface area (Å²) in [4.78, 5) is 20.7. The van der Waals surface area contributed by atoms with Crippen LogP contribution in [0.25, 0.3) is 0 Å². The number of piperazine rings is 1. The first kappa shape index (κ1) is 21.2. The smallest absolute Gasteiger partial charge is 0.355 e. The Bertz CT molecular complexity index is 787. The normalized spacial score (nSPS) is 16.1. The van der Waals surface area contributed by atoms with Gasteiger partial charge < -0.3 is 15.5 Å². The largest absolute Gasteiger partial charge is 0.434 e. The molecular weight excluding hydrogens is 405 g/mol. The van der Waals surface area contributed by atoms with Gasteiger partial charge >= 0.3 is 6.18 Å². The lowest BCUT2D eigenvalue weighted by molar-refractivity contribution is -0.140. The molecule has 1 fully saturated rings. The van der Waals surface area contributed by atoms with E-state index in [2.05, 4.69) is 40.4 Å². The zero-order valence-corrected chi connectivity index (χ0v) is 16.8. The minimum absolute atomic E-state index is 0.191. The van der Waals surface area contributed by atoms with Crippen LogP contribution in [0.15, 0.2) is 28.8 Å². The third-order valence-corrected chi connectivity index (χ3v) is 5.25. The number of halogens is 3. The highest BCUT2D eigenvalue weighted by atomic mass is 32.1. The molecular formula is C17H23F3N8S. The van der Waals surface area contributed by atoms with Gasteiger partial charge in [-0.3, -0.25) is 9.89 Å². The van der Waals surface area contributed by atoms with Crippen molar-refractivity contribution in [3.8, 4) is 0 Å². The van der Waals surface area contributed by atoms with Crippen molar-refractivity contribution >= 4 is 23.2 Å². The van der Waals surface area contributed by atoms with Crippen LogP contribution in [0.2, 0.25) is 0 Å². The fraction of sp³-hybridized carbons (Fsp3) is 0.529. The quantitative estimate of drug-likeness (QED) is 0.532. The fourth-order valence-corrected chi connectivity index (χ4v) is 3.60. The third-order valence-electron chi connectivity index (χ3n) is 4.40. The number of guanidine groups is 1. The number of hydrogen-bond donors (Lipinski definition) is 2. The highest BCUT2D eigenvalue weighted by Crippen LogP contribution is 2.29. The molecule has 0 aliphatic carbocycles. The van der Waals surface area contributed by atoms with Gasteiger partial charge in [0.1, 0.15) is 5.01 Å². The summed E-state index contributed by atoms with van der Waals surface area (Å²) in [6.45, 7) is 5.24. The van der Waals surface area contributed by atoms with Gasteiger partial charge in [0.2, 0.25) is 5.95 Å². The highest BCUT2D eigenvalue weighted by molar-refractivity contribution is 7.09. The summed E-state index contributed by atoms with van der Waals surface area (Å²) in [7, 11) is 1.62. The number of hydrogen-bond acceptors (Lipinski definition) is 7. The molecule has 0 bridgehead atoms. The number of thiazole rings is 1. The molecule has 0 radical (unpaired) electrons. The summed E-state index contributed by atoms with van der Waals surface area (Å²) < 4.78 is 37.8. The lowest BCUT2D eigenvalue weighted by atomic mass is 10.3. The van der Waals surface area contributed by atoms with E-state index in [9.17, 15) is 13.2 Å². The molecule has 3 heterocycles. The summed E-state index contributed by atoms with van der Waals surface area (Å²) in [6.07, 6.45) is -0.926. The summed E-state index contributed by atoms with van der Waals surface area (Å²) >= 11 is 0.974. The molecule has 12 heteroatoms. The van der Waals surface area contributed by atoms with E-state index in [1.165, 1.54) is 0 Å². The van der Waals surface area contributed by atoms with E-state index < -0.39 is 11.9 Å². The molecule has 1 aliphatic rings. The second kappa shape index (κ2) is 9.83. The molecule has 0 atom stereocenters. The number of alkyl halides is 3. The summed E-state index contributed by atoms with van der Waals surface area (Å²) in [5.74, 6) is 1.29. The number of nitrogens with one attached hydrogen (secondary N) is 2. The molecule has 1 aliphatic heterocycles. The van der Waals surface area contributed by atoms with Crippen LogP contribution in [0.1, 0.15) is 10.7 Å². The first-order valence-electron chi connectivity index (χ1n) is 9.16. The van der Waals surface area contributed by atoms with E-state index in [-0.39, 0.29) is 6.54 Å². The van der Waals surface area contributed by atoms with Gasteiger partial charge in [0.05, 0.1) is 6.54 Å². The molecule has 8 nitrogen and oxygen atoms in total. The number of aromatic nitrogens is 3. The summed E-state index contributed by atoms with van der Waals surface area (Å²) in [5, 5.41) is 7.56. The van der Waals surface area contributed by atoms with Gasteiger partial charge in [-0.05, 0) is 6.07 Å². The Morgan fingerprint density at radius 2 is 1.90 bits per heavy atom. The molecule has 0 spiro atoms. The van der Waals surface area contributed by atoms with Crippen LogP contribution in [-0.4, -0.2) is 72.1 Å². The van der Waals surface area contributed by atoms with Crippen LogP contribution in [0, 0.1) is 0 Å². The average molecular weight is 428 g/mol. The predicted octanol–water partition coefficient (Wildman–Crippen LogP) is 1.44. The van der Waals surface area contributed by atoms with E-state index in [0.717, 1.165) is 55.4 Å². The van der Waals surface area contributed by atoms with Gasteiger partial charge in [-0.25, -0.2) is 15.0 Å². The Kier molecular flexibility index (Phi) is 7.20. The molecule has 1 saturated heterocycles. The lowest BCUT2D eigenvalue weighted by Gasteiger charge is -2.34. The maximum Gasteiger partial charge on any atom is 0.434 e. The van der Waals surface area contributed by atoms with Crippen LogP contribution < -0.4 is 15.5 Å². The van der Waals surface area contributed by atoms with Crippen molar-refractivity contribution in [2.24, 2.45) is 4.99 Å². The first-order chi connectivity index (χ1) is 14.0. The van der Waals surface area contributed by atoms with E-state index in [1.807, 2.05) is 0 Å². The highest BCUT2D eigenvalue weighted by Gasteiger charge is 2.33. The first-order valence-corrected chi connectivity index (χ1v) is 10.0. The van der Waals surface area contributed by atoms with Gasteiger partial charge in [-0.2, -0.15) is 13.2 Å². The molecule has 0 aromatic carbocycles. The summed E-state index contributed by atoms with van der Waals surface area (Å²) in [6, 6.07) is 1.80. The monoisotopic (exact) mass is 428 g/mol. The van der Waals surface area contributed by atoms with E-state index >= 15 is 0 Å². The lowest BCUT2D eigenvalue weighted by Crippen LogP contribution is -2.49. The summed E-state index contributed by atoms with van der Waals surface area (Å²) in [5.41, 5.74) is -0.859. The Morgan fingerprint density at radius 1 is 1.17 bits per heavy atom. The van der Waals surface area contributed by atoms with Crippen LogP contribution in [0.4, 0.5) is 19.1 Å². The minimum Gasteiger partial charge on any atom is -0.355 e. The molecule has 0 saturated carbocycles. The van der Waals surface area contributed by atoms with Crippen molar-refractivity contribution in [1.29, 1.82) is 0 Å². The third kappa shape index (κ3) is 6.26. The van der Waals surface area contributed by atoms with Gasteiger partial charge in [0, 0.05) is 64.1 Å². The van der Waals surface area contributed by atoms with Crippen molar-refractivity contribution in [2.75, 3.05) is 51.2 Å². The van der Waals surface area contributed by atoms with Crippen LogP contribution in [0.3, 0.4) is 0 Å². The van der Waals surface area contributed by atoms with Gasteiger partial charge in [-0.1, -0.05) is 0 Å². The standard InChI is InChI=1S/C17H23F3N8S/c1-21-15(25-11-14-26-13(12-29-14)17(18,19)20)22-5-6-27-7-9-28(10-8-27)16-23-3-2-4-24-16/h2-4,12H,5-11H2,1H3,(H2,21,22,25). The number of aliphatic imine (C=N–C) groups is 1. The zero-order chi connectivity index (χ0) is 20.7. The number of rotatable bonds is 6. The second-order valence-electron chi connectivity index (χ2n) is 6.35. The SMILES string of the molecule is CN=C(NCCN1CCN(c2ncccn2)CC1)NCc1nc(C(F)(F)F)cs1. The molecule has 158 valence electrons. The molecule has 29 heavy (non-hydrogen) atoms. The van der Waals surface area contributed by atoms with Crippen molar-refractivity contribution in [3.05, 3.63) is 34.5 Å². The van der Waals surface area contributed by atoms with Crippen molar-refractivity contribution < 1.29 is 13.2 Å². The molecule has 2 aromatic heterocycles. The van der Waals surface area contributed by atoms with Gasteiger partial charge in [-0.15, -0.1) is 11.3 Å². The fourth-order valence-electron chi connectivity index (χ4n) is 2.86. The number of nitrogens with zero attached hydrogens (tertiary/aromatic N) is 6. The van der Waals surface area contributed by atoms with Crippen LogP contribution in [-0.2, 0) is 12.7 Å². The van der Waals surface area contributed by atoms with E-state index in [0.29, 0.717) is 17.5 Å². The van der Waals surface area contributed by atoms with Crippen molar-refractivity contribution in [2.45, 2.75) is 12.7 Å². The van der Waals surface area contributed by atoms with Crippen molar-refractivity contribution in [3.63, 3.8) is 0 Å². The van der Waals surface area contributed by atoms with Crippen molar-refractivity contribution in [1.82, 2.24) is 30.5 Å².